The molecule has 0 spiro atoms. The van der Waals surface area contributed by atoms with Gasteiger partial charge in [-0.05, 0) is 61.4 Å². The number of ether oxygens (including phenoxy) is 1. The number of nitro benzene ring substituents is 1. The maximum absolute atomic E-state index is 14.1. The molecule has 0 saturated heterocycles. The normalized spacial score (nSPS) is 21.5. The number of pyridine rings is 1. The molecule has 1 aliphatic heterocycles. The lowest BCUT2D eigenvalue weighted by Gasteiger charge is -2.34. The number of aryl methyl sites for hydroxylation is 2. The molecule has 0 radical (unpaired) electrons. The van der Waals surface area contributed by atoms with Gasteiger partial charge in [-0.25, -0.2) is 0 Å². The first-order chi connectivity index (χ1) is 17.2. The number of nitrogens with one attached hydrogen (secondary N) is 1. The summed E-state index contributed by atoms with van der Waals surface area (Å²) in [6.07, 6.45) is 1.64. The van der Waals surface area contributed by atoms with E-state index in [2.05, 4.69) is 10.3 Å². The van der Waals surface area contributed by atoms with Crippen molar-refractivity contribution in [1.82, 2.24) is 10.3 Å². The second kappa shape index (κ2) is 7.19. The monoisotopic (exact) mass is 481 g/mol. The van der Waals surface area contributed by atoms with Crippen LogP contribution >= 0.6 is 0 Å². The maximum atomic E-state index is 14.1. The van der Waals surface area contributed by atoms with Crippen LogP contribution in [0.25, 0.3) is 10.9 Å². The van der Waals surface area contributed by atoms with Crippen LogP contribution in [-0.2, 0) is 11.3 Å². The molecule has 1 aliphatic carbocycles. The van der Waals surface area contributed by atoms with Crippen molar-refractivity contribution in [3.63, 3.8) is 0 Å². The first kappa shape index (κ1) is 21.9. The smallest absolute Gasteiger partial charge is 0.280 e. The summed E-state index contributed by atoms with van der Waals surface area (Å²) in [5, 5.41) is 27.2. The van der Waals surface area contributed by atoms with Crippen molar-refractivity contribution in [3.05, 3.63) is 110 Å². The van der Waals surface area contributed by atoms with Crippen molar-refractivity contribution in [3.8, 4) is 5.75 Å². The van der Waals surface area contributed by atoms with E-state index >= 15 is 0 Å². The lowest BCUT2D eigenvalue weighted by atomic mass is 9.81. The number of nitrogens with zero attached hydrogens (tertiary/aromatic N) is 2. The van der Waals surface area contributed by atoms with Gasteiger partial charge < -0.3 is 15.2 Å². The average molecular weight is 481 g/mol. The quantitative estimate of drug-likeness (QED) is 0.336. The highest BCUT2D eigenvalue weighted by Crippen LogP contribution is 2.59. The van der Waals surface area contributed by atoms with Crippen molar-refractivity contribution >= 4 is 28.3 Å². The second-order valence-corrected chi connectivity index (χ2v) is 9.08. The number of hydrogen-bond acceptors (Lipinski definition) is 7. The number of hydrogen-bond donors (Lipinski definition) is 2. The molecule has 3 aromatic carbocycles. The van der Waals surface area contributed by atoms with Crippen molar-refractivity contribution < 1.29 is 24.4 Å². The summed E-state index contributed by atoms with van der Waals surface area (Å²) < 4.78 is 5.98. The number of nitro groups is 1. The largest absolute Gasteiger partial charge is 0.454 e. The van der Waals surface area contributed by atoms with Gasteiger partial charge >= 0.3 is 0 Å². The number of benzene rings is 3. The van der Waals surface area contributed by atoms with Crippen molar-refractivity contribution in [1.29, 1.82) is 0 Å². The van der Waals surface area contributed by atoms with Crippen molar-refractivity contribution in [2.24, 2.45) is 0 Å². The Morgan fingerprint density at radius 1 is 1.06 bits per heavy atom. The third-order valence-electron chi connectivity index (χ3n) is 7.10. The number of fused-ring (bicyclic) bond motifs is 6. The van der Waals surface area contributed by atoms with Crippen LogP contribution in [0.5, 0.6) is 5.75 Å². The van der Waals surface area contributed by atoms with Crippen LogP contribution in [0, 0.1) is 24.0 Å². The number of ketones is 1. The van der Waals surface area contributed by atoms with E-state index in [0.717, 1.165) is 11.1 Å². The number of amides is 1. The number of Topliss-reactive ketones (excluding diaryl/α,β-unsaturated/α-hetero) is 1. The van der Waals surface area contributed by atoms with E-state index in [1.165, 1.54) is 18.2 Å². The fraction of sp³-hybridized carbons (Fsp3) is 0.148. The number of rotatable bonds is 3. The molecule has 9 heteroatoms. The van der Waals surface area contributed by atoms with Crippen LogP contribution in [0.15, 0.2) is 66.9 Å². The van der Waals surface area contributed by atoms with E-state index in [1.54, 1.807) is 48.7 Å². The molecule has 0 bridgehead atoms. The fourth-order valence-electron chi connectivity index (χ4n) is 5.19. The third-order valence-corrected chi connectivity index (χ3v) is 7.10. The lowest BCUT2D eigenvalue weighted by Crippen LogP contribution is -2.60. The SMILES string of the molecule is Cc1cc2c(cc1C)C1(NC(=O)c3ccc4ncccc4c3)C(=O)c3c([N+](=O)[O-])cccc3C1(O)O2. The summed E-state index contributed by atoms with van der Waals surface area (Å²) in [6.45, 7) is 3.68. The van der Waals surface area contributed by atoms with E-state index in [4.69, 9.17) is 4.74 Å². The highest BCUT2D eigenvalue weighted by Gasteiger charge is 2.73. The van der Waals surface area contributed by atoms with E-state index in [1.807, 2.05) is 13.8 Å². The molecule has 4 aromatic rings. The van der Waals surface area contributed by atoms with Gasteiger partial charge in [0.15, 0.2) is 0 Å². The predicted octanol–water partition coefficient (Wildman–Crippen LogP) is 3.82. The van der Waals surface area contributed by atoms with Gasteiger partial charge in [0.2, 0.25) is 11.3 Å². The van der Waals surface area contributed by atoms with Gasteiger partial charge in [0.1, 0.15) is 11.3 Å². The Bertz CT molecular complexity index is 1670. The molecular formula is C27H19N3O6. The molecule has 6 rings (SSSR count). The molecule has 2 aliphatic rings. The first-order valence-electron chi connectivity index (χ1n) is 11.2. The standard InChI is InChI=1S/C27H19N3O6/c1-14-11-19-22(12-15(14)2)36-27(33)18-6-3-7-21(30(34)35)23(18)24(31)26(19,27)29-25(32)17-8-9-20-16(13-17)5-4-10-28-20/h3-13,33H,1-2H3,(H,29,32). The molecule has 2 heterocycles. The molecule has 9 nitrogen and oxygen atoms in total. The molecule has 1 amide bonds. The van der Waals surface area contributed by atoms with Crippen LogP contribution in [0.4, 0.5) is 5.69 Å². The van der Waals surface area contributed by atoms with Gasteiger partial charge in [0, 0.05) is 34.3 Å². The zero-order valence-corrected chi connectivity index (χ0v) is 19.2. The average Bonchev–Trinajstić information content (AvgIpc) is 3.21. The Morgan fingerprint density at radius 3 is 2.61 bits per heavy atom. The molecule has 2 atom stereocenters. The van der Waals surface area contributed by atoms with Crippen LogP contribution in [0.1, 0.15) is 43.0 Å². The minimum Gasteiger partial charge on any atom is -0.454 e. The van der Waals surface area contributed by atoms with E-state index in [9.17, 15) is 24.8 Å². The minimum atomic E-state index is -2.39. The summed E-state index contributed by atoms with van der Waals surface area (Å²) >= 11 is 0. The summed E-state index contributed by atoms with van der Waals surface area (Å²) in [7, 11) is 0. The van der Waals surface area contributed by atoms with Gasteiger partial charge in [-0.15, -0.1) is 0 Å². The third kappa shape index (κ3) is 2.65. The Labute approximate surface area is 204 Å². The second-order valence-electron chi connectivity index (χ2n) is 9.08. The Balaban J connectivity index is 1.58. The molecule has 0 saturated carbocycles. The van der Waals surface area contributed by atoms with Crippen LogP contribution in [-0.4, -0.2) is 26.7 Å². The van der Waals surface area contributed by atoms with Gasteiger partial charge in [0.25, 0.3) is 17.4 Å². The Morgan fingerprint density at radius 2 is 1.83 bits per heavy atom. The molecular weight excluding hydrogens is 462 g/mol. The first-order valence-corrected chi connectivity index (χ1v) is 11.2. The highest BCUT2D eigenvalue weighted by molar-refractivity contribution is 6.15. The summed E-state index contributed by atoms with van der Waals surface area (Å²) in [5.41, 5.74) is -0.173. The van der Waals surface area contributed by atoms with Gasteiger partial charge in [-0.3, -0.25) is 24.7 Å². The fourth-order valence-corrected chi connectivity index (χ4v) is 5.19. The summed E-state index contributed by atoms with van der Waals surface area (Å²) in [5.74, 6) is -3.64. The summed E-state index contributed by atoms with van der Waals surface area (Å²) in [4.78, 5) is 43.1. The molecule has 0 fully saturated rings. The molecule has 2 N–H and O–H groups in total. The van der Waals surface area contributed by atoms with E-state index < -0.39 is 33.6 Å². The summed E-state index contributed by atoms with van der Waals surface area (Å²) in [6, 6.07) is 15.7. The van der Waals surface area contributed by atoms with Crippen molar-refractivity contribution in [2.45, 2.75) is 25.2 Å². The molecule has 36 heavy (non-hydrogen) atoms. The van der Waals surface area contributed by atoms with Crippen molar-refractivity contribution in [2.75, 3.05) is 0 Å². The van der Waals surface area contributed by atoms with Gasteiger partial charge in [0.05, 0.1) is 10.4 Å². The number of aliphatic hydroxyl groups is 1. The zero-order valence-electron chi connectivity index (χ0n) is 19.2. The number of aromatic nitrogens is 1. The highest BCUT2D eigenvalue weighted by atomic mass is 16.6. The van der Waals surface area contributed by atoms with E-state index in [0.29, 0.717) is 10.9 Å². The minimum absolute atomic E-state index is 0.0729. The number of carbonyl (C=O) groups excluding carboxylic acids is 2. The Kier molecular flexibility index (Phi) is 4.37. The van der Waals surface area contributed by atoms with E-state index in [-0.39, 0.29) is 28.0 Å². The lowest BCUT2D eigenvalue weighted by molar-refractivity contribution is -0.385. The predicted molar refractivity (Wildman–Crippen MR) is 129 cm³/mol. The number of carbonyl (C=O) groups is 2. The molecule has 178 valence electrons. The maximum Gasteiger partial charge on any atom is 0.280 e. The van der Waals surface area contributed by atoms with Crippen LogP contribution < -0.4 is 10.1 Å². The van der Waals surface area contributed by atoms with Crippen LogP contribution in [0.3, 0.4) is 0 Å². The zero-order chi connectivity index (χ0) is 25.4. The van der Waals surface area contributed by atoms with Gasteiger partial charge in [-0.1, -0.05) is 18.2 Å². The van der Waals surface area contributed by atoms with Crippen LogP contribution in [0.2, 0.25) is 0 Å². The topological polar surface area (TPSA) is 132 Å². The Hall–Kier alpha value is -4.63. The van der Waals surface area contributed by atoms with Gasteiger partial charge in [-0.2, -0.15) is 0 Å². The molecule has 1 aromatic heterocycles. The molecule has 2 unspecified atom stereocenters.